The summed E-state index contributed by atoms with van der Waals surface area (Å²) in [6.07, 6.45) is 0.877. The standard InChI is InChI=1S/C14H13ClN2O2/c15-12(9-5-6-16-7-9)8-17-13(18)10-3-1-2-4-11(10)14(17)19/h1-4,16H,5-8H2/b12-9+. The lowest BCUT2D eigenvalue weighted by molar-refractivity contribution is 0.0670. The van der Waals surface area contributed by atoms with Gasteiger partial charge < -0.3 is 5.32 Å². The van der Waals surface area contributed by atoms with Crippen molar-refractivity contribution in [3.05, 3.63) is 46.0 Å². The molecule has 1 aromatic rings. The van der Waals surface area contributed by atoms with E-state index in [1.165, 1.54) is 4.90 Å². The predicted molar refractivity (Wildman–Crippen MR) is 72.2 cm³/mol. The van der Waals surface area contributed by atoms with Gasteiger partial charge in [-0.3, -0.25) is 14.5 Å². The van der Waals surface area contributed by atoms with Gasteiger partial charge in [0.15, 0.2) is 0 Å². The molecule has 1 aromatic carbocycles. The molecule has 3 rings (SSSR count). The molecule has 4 nitrogen and oxygen atoms in total. The number of carbonyl (C=O) groups excluding carboxylic acids is 2. The van der Waals surface area contributed by atoms with Crippen molar-refractivity contribution in [2.24, 2.45) is 0 Å². The molecule has 2 aliphatic rings. The Labute approximate surface area is 116 Å². The topological polar surface area (TPSA) is 49.4 Å². The number of halogens is 1. The maximum Gasteiger partial charge on any atom is 0.261 e. The molecule has 0 saturated carbocycles. The summed E-state index contributed by atoms with van der Waals surface area (Å²) in [5, 5.41) is 3.78. The zero-order chi connectivity index (χ0) is 13.4. The van der Waals surface area contributed by atoms with Gasteiger partial charge in [0.05, 0.1) is 17.7 Å². The summed E-state index contributed by atoms with van der Waals surface area (Å²) in [5.41, 5.74) is 2.01. The van der Waals surface area contributed by atoms with Crippen molar-refractivity contribution in [3.63, 3.8) is 0 Å². The van der Waals surface area contributed by atoms with Crippen molar-refractivity contribution >= 4 is 23.4 Å². The zero-order valence-corrected chi connectivity index (χ0v) is 11.0. The number of hydrogen-bond acceptors (Lipinski definition) is 3. The number of benzene rings is 1. The molecule has 1 saturated heterocycles. The summed E-state index contributed by atoms with van der Waals surface area (Å²) in [6.45, 7) is 1.81. The van der Waals surface area contributed by atoms with Gasteiger partial charge >= 0.3 is 0 Å². The Balaban J connectivity index is 1.86. The van der Waals surface area contributed by atoms with Crippen LogP contribution in [0.3, 0.4) is 0 Å². The minimum Gasteiger partial charge on any atom is -0.313 e. The van der Waals surface area contributed by atoms with Crippen LogP contribution in [-0.2, 0) is 0 Å². The maximum atomic E-state index is 12.2. The molecule has 19 heavy (non-hydrogen) atoms. The second-order valence-corrected chi connectivity index (χ2v) is 5.13. The Kier molecular flexibility index (Phi) is 3.12. The van der Waals surface area contributed by atoms with Crippen LogP contribution in [0.25, 0.3) is 0 Å². The first-order valence-electron chi connectivity index (χ1n) is 6.21. The van der Waals surface area contributed by atoms with Crippen molar-refractivity contribution < 1.29 is 9.59 Å². The highest BCUT2D eigenvalue weighted by Gasteiger charge is 2.35. The molecule has 0 unspecified atom stereocenters. The van der Waals surface area contributed by atoms with E-state index in [2.05, 4.69) is 5.32 Å². The van der Waals surface area contributed by atoms with Gasteiger partial charge in [-0.2, -0.15) is 0 Å². The summed E-state index contributed by atoms with van der Waals surface area (Å²) in [5.74, 6) is -0.518. The lowest BCUT2D eigenvalue weighted by atomic mass is 10.1. The molecule has 0 aromatic heterocycles. The molecular formula is C14H13ClN2O2. The van der Waals surface area contributed by atoms with Crippen molar-refractivity contribution in [3.8, 4) is 0 Å². The minimum absolute atomic E-state index is 0.172. The van der Waals surface area contributed by atoms with Crippen molar-refractivity contribution in [1.29, 1.82) is 0 Å². The Morgan fingerprint density at radius 1 is 1.21 bits per heavy atom. The van der Waals surface area contributed by atoms with Crippen LogP contribution in [0.15, 0.2) is 34.9 Å². The Morgan fingerprint density at radius 3 is 2.37 bits per heavy atom. The zero-order valence-electron chi connectivity index (χ0n) is 10.3. The molecule has 0 bridgehead atoms. The third-order valence-corrected chi connectivity index (χ3v) is 3.89. The van der Waals surface area contributed by atoms with Gasteiger partial charge in [-0.1, -0.05) is 23.7 Å². The number of carbonyl (C=O) groups is 2. The van der Waals surface area contributed by atoms with E-state index in [-0.39, 0.29) is 18.4 Å². The summed E-state index contributed by atoms with van der Waals surface area (Å²) >= 11 is 6.23. The average molecular weight is 277 g/mol. The quantitative estimate of drug-likeness (QED) is 0.838. The Hall–Kier alpha value is -1.65. The van der Waals surface area contributed by atoms with E-state index >= 15 is 0 Å². The number of amides is 2. The molecule has 0 spiro atoms. The smallest absolute Gasteiger partial charge is 0.261 e. The summed E-state index contributed by atoms with van der Waals surface area (Å²) in [4.78, 5) is 25.6. The highest BCUT2D eigenvalue weighted by atomic mass is 35.5. The summed E-state index contributed by atoms with van der Waals surface area (Å²) in [6, 6.07) is 6.87. The van der Waals surface area contributed by atoms with E-state index in [1.807, 2.05) is 0 Å². The number of nitrogens with zero attached hydrogens (tertiary/aromatic N) is 1. The van der Waals surface area contributed by atoms with Crippen LogP contribution in [-0.4, -0.2) is 36.3 Å². The first-order valence-corrected chi connectivity index (χ1v) is 6.58. The largest absolute Gasteiger partial charge is 0.313 e. The molecule has 2 amide bonds. The number of nitrogens with one attached hydrogen (secondary N) is 1. The van der Waals surface area contributed by atoms with E-state index in [1.54, 1.807) is 24.3 Å². The monoisotopic (exact) mass is 276 g/mol. The van der Waals surface area contributed by atoms with Gasteiger partial charge in [0.25, 0.3) is 11.8 Å². The molecule has 2 aliphatic heterocycles. The van der Waals surface area contributed by atoms with Crippen LogP contribution in [0.4, 0.5) is 0 Å². The molecule has 0 atom stereocenters. The van der Waals surface area contributed by atoms with E-state index in [9.17, 15) is 9.59 Å². The highest BCUT2D eigenvalue weighted by molar-refractivity contribution is 6.31. The molecule has 1 N–H and O–H groups in total. The fourth-order valence-electron chi connectivity index (χ4n) is 2.43. The third-order valence-electron chi connectivity index (χ3n) is 3.50. The van der Waals surface area contributed by atoms with E-state index in [4.69, 9.17) is 11.6 Å². The minimum atomic E-state index is -0.259. The van der Waals surface area contributed by atoms with Crippen molar-refractivity contribution in [2.75, 3.05) is 19.6 Å². The van der Waals surface area contributed by atoms with Crippen LogP contribution in [0, 0.1) is 0 Å². The third kappa shape index (κ3) is 2.07. The van der Waals surface area contributed by atoms with E-state index in [0.29, 0.717) is 16.2 Å². The summed E-state index contributed by atoms with van der Waals surface area (Å²) in [7, 11) is 0. The second kappa shape index (κ2) is 4.79. The van der Waals surface area contributed by atoms with Gasteiger partial charge in [-0.05, 0) is 30.7 Å². The normalized spacial score (nSPS) is 21.0. The molecule has 0 radical (unpaired) electrons. The van der Waals surface area contributed by atoms with Crippen LogP contribution in [0.2, 0.25) is 0 Å². The molecule has 98 valence electrons. The summed E-state index contributed by atoms with van der Waals surface area (Å²) < 4.78 is 0. The number of imide groups is 1. The van der Waals surface area contributed by atoms with Gasteiger partial charge in [-0.15, -0.1) is 0 Å². The number of fused-ring (bicyclic) bond motifs is 1. The second-order valence-electron chi connectivity index (χ2n) is 4.68. The first-order chi connectivity index (χ1) is 9.18. The molecule has 0 aliphatic carbocycles. The number of hydrogen-bond donors (Lipinski definition) is 1. The van der Waals surface area contributed by atoms with Crippen LogP contribution in [0.5, 0.6) is 0 Å². The number of rotatable bonds is 2. The fraction of sp³-hybridized carbons (Fsp3) is 0.286. The van der Waals surface area contributed by atoms with Crippen LogP contribution >= 0.6 is 11.6 Å². The predicted octanol–water partition coefficient (Wildman–Crippen LogP) is 1.77. The lowest BCUT2D eigenvalue weighted by Crippen LogP contribution is -2.31. The van der Waals surface area contributed by atoms with E-state index in [0.717, 1.165) is 25.1 Å². The van der Waals surface area contributed by atoms with Crippen LogP contribution < -0.4 is 5.32 Å². The SMILES string of the molecule is O=C1c2ccccc2C(=O)N1C/C(Cl)=C1/CCNC1. The highest BCUT2D eigenvalue weighted by Crippen LogP contribution is 2.25. The molecule has 1 fully saturated rings. The fourth-order valence-corrected chi connectivity index (χ4v) is 2.71. The van der Waals surface area contributed by atoms with Gasteiger partial charge in [0, 0.05) is 11.6 Å². The molecule has 2 heterocycles. The van der Waals surface area contributed by atoms with Gasteiger partial charge in [-0.25, -0.2) is 0 Å². The van der Waals surface area contributed by atoms with Gasteiger partial charge in [0.1, 0.15) is 0 Å². The first kappa shape index (κ1) is 12.4. The lowest BCUT2D eigenvalue weighted by Gasteiger charge is -2.14. The van der Waals surface area contributed by atoms with Crippen molar-refractivity contribution in [1.82, 2.24) is 10.2 Å². The van der Waals surface area contributed by atoms with E-state index < -0.39 is 0 Å². The Morgan fingerprint density at radius 2 is 1.84 bits per heavy atom. The molecular weight excluding hydrogens is 264 g/mol. The van der Waals surface area contributed by atoms with Crippen LogP contribution in [0.1, 0.15) is 27.1 Å². The average Bonchev–Trinajstić information content (AvgIpc) is 3.03. The van der Waals surface area contributed by atoms with Gasteiger partial charge in [0.2, 0.25) is 0 Å². The maximum absolute atomic E-state index is 12.2. The Bertz CT molecular complexity index is 552. The van der Waals surface area contributed by atoms with Crippen molar-refractivity contribution in [2.45, 2.75) is 6.42 Å². The molecule has 5 heteroatoms.